The highest BCUT2D eigenvalue weighted by molar-refractivity contribution is 7.91. The van der Waals surface area contributed by atoms with Crippen LogP contribution < -0.4 is 0 Å². The molecule has 8 nitrogen and oxygen atoms in total. The first kappa shape index (κ1) is 19.4. The third-order valence-electron chi connectivity index (χ3n) is 4.79. The molecule has 146 valence electrons. The molecule has 1 aliphatic heterocycles. The van der Waals surface area contributed by atoms with Crippen LogP contribution in [0.4, 0.5) is 4.39 Å². The van der Waals surface area contributed by atoms with Gasteiger partial charge in [-0.25, -0.2) is 12.8 Å². The van der Waals surface area contributed by atoms with E-state index in [0.29, 0.717) is 24.2 Å². The van der Waals surface area contributed by atoms with E-state index in [1.54, 1.807) is 4.90 Å². The summed E-state index contributed by atoms with van der Waals surface area (Å²) in [4.78, 5) is 15.7. The van der Waals surface area contributed by atoms with Crippen molar-refractivity contribution in [3.63, 3.8) is 0 Å². The molecule has 0 radical (unpaired) electrons. The van der Waals surface area contributed by atoms with E-state index in [0.717, 1.165) is 0 Å². The Balaban J connectivity index is 1.75. The number of amides is 1. The van der Waals surface area contributed by atoms with Crippen LogP contribution in [0.3, 0.4) is 0 Å². The van der Waals surface area contributed by atoms with Gasteiger partial charge in [-0.15, -0.1) is 10.2 Å². The summed E-state index contributed by atoms with van der Waals surface area (Å²) in [6.07, 6.45) is 1.16. The van der Waals surface area contributed by atoms with E-state index in [1.165, 1.54) is 29.1 Å². The first-order valence-electron chi connectivity index (χ1n) is 8.84. The summed E-state index contributed by atoms with van der Waals surface area (Å²) in [7, 11) is -3.10. The molecule has 1 saturated heterocycles. The molecule has 10 heteroatoms. The second-order valence-electron chi connectivity index (χ2n) is 6.77. The van der Waals surface area contributed by atoms with Crippen LogP contribution >= 0.6 is 0 Å². The number of aromatic nitrogens is 4. The van der Waals surface area contributed by atoms with Crippen molar-refractivity contribution >= 4 is 15.7 Å². The Bertz CT molecular complexity index is 913. The molecule has 1 aliphatic rings. The van der Waals surface area contributed by atoms with Crippen LogP contribution in [0.25, 0.3) is 11.4 Å². The van der Waals surface area contributed by atoms with Gasteiger partial charge in [-0.05, 0) is 49.2 Å². The highest BCUT2D eigenvalue weighted by atomic mass is 32.2. The molecule has 0 spiro atoms. The van der Waals surface area contributed by atoms with Crippen molar-refractivity contribution in [1.29, 1.82) is 0 Å². The van der Waals surface area contributed by atoms with E-state index in [2.05, 4.69) is 15.4 Å². The van der Waals surface area contributed by atoms with Gasteiger partial charge in [0.05, 0.1) is 11.5 Å². The molecule has 27 heavy (non-hydrogen) atoms. The van der Waals surface area contributed by atoms with Gasteiger partial charge in [0.25, 0.3) is 0 Å². The fraction of sp³-hybridized carbons (Fsp3) is 0.529. The number of hydrogen-bond donors (Lipinski definition) is 0. The van der Waals surface area contributed by atoms with Gasteiger partial charge in [0.15, 0.2) is 9.84 Å². The van der Waals surface area contributed by atoms with Crippen LogP contribution in [0.2, 0.25) is 0 Å². The zero-order valence-electron chi connectivity index (χ0n) is 15.2. The summed E-state index contributed by atoms with van der Waals surface area (Å²) in [6, 6.07) is 5.26. The number of sulfone groups is 1. The molecule has 2 heterocycles. The average Bonchev–Trinajstić information content (AvgIpc) is 3.22. The maximum Gasteiger partial charge on any atom is 0.246 e. The summed E-state index contributed by atoms with van der Waals surface area (Å²) in [5.41, 5.74) is 0.593. The Morgan fingerprint density at radius 3 is 2.67 bits per heavy atom. The van der Waals surface area contributed by atoms with Crippen LogP contribution in [0.1, 0.15) is 26.7 Å². The van der Waals surface area contributed by atoms with Crippen molar-refractivity contribution in [1.82, 2.24) is 25.1 Å². The van der Waals surface area contributed by atoms with Crippen molar-refractivity contribution in [2.75, 3.05) is 11.5 Å². The second kappa shape index (κ2) is 7.71. The highest BCUT2D eigenvalue weighted by Gasteiger charge is 2.36. The predicted molar refractivity (Wildman–Crippen MR) is 96.9 cm³/mol. The Morgan fingerprint density at radius 2 is 2.07 bits per heavy atom. The van der Waals surface area contributed by atoms with Crippen molar-refractivity contribution in [2.24, 2.45) is 0 Å². The Hall–Kier alpha value is -2.36. The van der Waals surface area contributed by atoms with Gasteiger partial charge in [-0.3, -0.25) is 4.79 Å². The highest BCUT2D eigenvalue weighted by Crippen LogP contribution is 2.22. The maximum atomic E-state index is 13.0. The number of nitrogens with zero attached hydrogens (tertiary/aromatic N) is 5. The number of carbonyl (C=O) groups is 1. The summed E-state index contributed by atoms with van der Waals surface area (Å²) in [6.45, 7) is 3.73. The number of tetrazole rings is 1. The summed E-state index contributed by atoms with van der Waals surface area (Å²) >= 11 is 0. The summed E-state index contributed by atoms with van der Waals surface area (Å²) in [5, 5.41) is 12.0. The lowest BCUT2D eigenvalue weighted by atomic mass is 10.1. The third kappa shape index (κ3) is 4.49. The van der Waals surface area contributed by atoms with Crippen LogP contribution in [0.15, 0.2) is 24.3 Å². The van der Waals surface area contributed by atoms with Crippen molar-refractivity contribution in [3.8, 4) is 11.4 Å². The SMILES string of the molecule is CC[C@@H](C)N(C(=O)Cn1nnc(-c2ccc(F)cc2)n1)[C@@H]1CCS(=O)(=O)C1. The Labute approximate surface area is 157 Å². The third-order valence-corrected chi connectivity index (χ3v) is 6.54. The van der Waals surface area contributed by atoms with Crippen LogP contribution in [-0.4, -0.2) is 63.0 Å². The van der Waals surface area contributed by atoms with Gasteiger partial charge < -0.3 is 4.90 Å². The minimum Gasteiger partial charge on any atom is -0.334 e. The lowest BCUT2D eigenvalue weighted by Crippen LogP contribution is -2.48. The molecule has 1 fully saturated rings. The fourth-order valence-corrected chi connectivity index (χ4v) is 4.94. The average molecular weight is 395 g/mol. The van der Waals surface area contributed by atoms with Crippen LogP contribution in [-0.2, 0) is 21.2 Å². The van der Waals surface area contributed by atoms with Crippen molar-refractivity contribution < 1.29 is 17.6 Å². The number of benzene rings is 1. The van der Waals surface area contributed by atoms with Gasteiger partial charge in [0, 0.05) is 17.6 Å². The van der Waals surface area contributed by atoms with Gasteiger partial charge in [0.1, 0.15) is 12.4 Å². The minimum absolute atomic E-state index is 0.00526. The molecule has 0 saturated carbocycles. The molecule has 0 N–H and O–H groups in total. The van der Waals surface area contributed by atoms with E-state index in [1.807, 2.05) is 13.8 Å². The van der Waals surface area contributed by atoms with Gasteiger partial charge in [-0.1, -0.05) is 6.92 Å². The fourth-order valence-electron chi connectivity index (χ4n) is 3.23. The van der Waals surface area contributed by atoms with E-state index in [4.69, 9.17) is 0 Å². The van der Waals surface area contributed by atoms with Crippen molar-refractivity contribution in [2.45, 2.75) is 45.3 Å². The second-order valence-corrected chi connectivity index (χ2v) is 8.99. The molecule has 1 aromatic heterocycles. The molecule has 3 rings (SSSR count). The van der Waals surface area contributed by atoms with E-state index in [-0.39, 0.29) is 41.9 Å². The number of rotatable bonds is 6. The van der Waals surface area contributed by atoms with Crippen molar-refractivity contribution in [3.05, 3.63) is 30.1 Å². The number of hydrogen-bond acceptors (Lipinski definition) is 6. The quantitative estimate of drug-likeness (QED) is 0.731. The summed E-state index contributed by atoms with van der Waals surface area (Å²) in [5.74, 6) is -0.212. The smallest absolute Gasteiger partial charge is 0.246 e. The molecular weight excluding hydrogens is 373 g/mol. The zero-order chi connectivity index (χ0) is 19.6. The first-order chi connectivity index (χ1) is 12.8. The minimum atomic E-state index is -3.10. The Kier molecular flexibility index (Phi) is 5.54. The standard InChI is InChI=1S/C17H22FN5O3S/c1-3-12(2)23(15-8-9-27(25,26)11-15)16(24)10-22-20-17(19-21-22)13-4-6-14(18)7-5-13/h4-7,12,15H,3,8-11H2,1-2H3/t12-,15-/m1/s1. The molecule has 0 aliphatic carbocycles. The molecular formula is C17H22FN5O3S. The summed E-state index contributed by atoms with van der Waals surface area (Å²) < 4.78 is 36.7. The molecule has 1 amide bonds. The first-order valence-corrected chi connectivity index (χ1v) is 10.7. The maximum absolute atomic E-state index is 13.0. The van der Waals surface area contributed by atoms with Gasteiger partial charge in [0.2, 0.25) is 11.7 Å². The van der Waals surface area contributed by atoms with E-state index < -0.39 is 9.84 Å². The normalized spacial score (nSPS) is 19.7. The van der Waals surface area contributed by atoms with Crippen LogP contribution in [0, 0.1) is 5.82 Å². The molecule has 1 aromatic carbocycles. The molecule has 2 atom stereocenters. The topological polar surface area (TPSA) is 98.1 Å². The van der Waals surface area contributed by atoms with E-state index in [9.17, 15) is 17.6 Å². The number of carbonyl (C=O) groups excluding carboxylic acids is 1. The zero-order valence-corrected chi connectivity index (χ0v) is 16.1. The lowest BCUT2D eigenvalue weighted by Gasteiger charge is -2.33. The molecule has 2 aromatic rings. The van der Waals surface area contributed by atoms with E-state index >= 15 is 0 Å². The molecule has 0 bridgehead atoms. The largest absolute Gasteiger partial charge is 0.334 e. The lowest BCUT2D eigenvalue weighted by molar-refractivity contribution is -0.136. The Morgan fingerprint density at radius 1 is 1.37 bits per heavy atom. The van der Waals surface area contributed by atoms with Gasteiger partial charge in [-0.2, -0.15) is 4.80 Å². The monoisotopic (exact) mass is 395 g/mol. The predicted octanol–water partition coefficient (Wildman–Crippen LogP) is 1.29. The van der Waals surface area contributed by atoms with Gasteiger partial charge >= 0.3 is 0 Å². The molecule has 0 unspecified atom stereocenters. The van der Waals surface area contributed by atoms with Crippen LogP contribution in [0.5, 0.6) is 0 Å². The number of halogens is 1.